The zero-order valence-electron chi connectivity index (χ0n) is 21.0. The van der Waals surface area contributed by atoms with E-state index >= 15 is 0 Å². The van der Waals surface area contributed by atoms with Gasteiger partial charge in [0.2, 0.25) is 5.91 Å². The molecule has 1 heterocycles. The summed E-state index contributed by atoms with van der Waals surface area (Å²) in [5, 5.41) is 13.4. The molecule has 0 fully saturated rings. The second-order valence-electron chi connectivity index (χ2n) is 10.3. The Bertz CT molecular complexity index is 1140. The number of amides is 1. The van der Waals surface area contributed by atoms with Crippen LogP contribution in [0, 0.1) is 25.2 Å². The molecule has 34 heavy (non-hydrogen) atoms. The van der Waals surface area contributed by atoms with Gasteiger partial charge in [-0.3, -0.25) is 9.36 Å². The molecule has 1 aromatic heterocycles. The summed E-state index contributed by atoms with van der Waals surface area (Å²) in [7, 11) is 0. The lowest BCUT2D eigenvalue weighted by atomic mass is 9.84. The Labute approximate surface area is 212 Å². The zero-order valence-corrected chi connectivity index (χ0v) is 22.6. The van der Waals surface area contributed by atoms with E-state index < -0.39 is 0 Å². The predicted molar refractivity (Wildman–Crippen MR) is 142 cm³/mol. The monoisotopic (exact) mass is 498 g/mol. The van der Waals surface area contributed by atoms with Gasteiger partial charge in [0.25, 0.3) is 0 Å². The van der Waals surface area contributed by atoms with Crippen LogP contribution in [0.2, 0.25) is 5.02 Å². The van der Waals surface area contributed by atoms with Crippen LogP contribution in [0.25, 0.3) is 5.69 Å². The Morgan fingerprint density at radius 2 is 1.91 bits per heavy atom. The first-order valence-corrected chi connectivity index (χ1v) is 13.0. The molecule has 0 aliphatic carbocycles. The van der Waals surface area contributed by atoms with Crippen molar-refractivity contribution in [3.63, 3.8) is 0 Å². The number of nitrogens with zero attached hydrogens (tertiary/aromatic N) is 3. The Morgan fingerprint density at radius 3 is 2.62 bits per heavy atom. The summed E-state index contributed by atoms with van der Waals surface area (Å²) in [4.78, 5) is 12.6. The largest absolute Gasteiger partial charge is 0.349 e. The van der Waals surface area contributed by atoms with Gasteiger partial charge >= 0.3 is 0 Å². The van der Waals surface area contributed by atoms with E-state index in [4.69, 9.17) is 11.6 Å². The molecule has 7 heteroatoms. The van der Waals surface area contributed by atoms with E-state index in [2.05, 4.69) is 74.4 Å². The first-order valence-electron chi connectivity index (χ1n) is 11.7. The second-order valence-corrected chi connectivity index (χ2v) is 11.7. The van der Waals surface area contributed by atoms with Crippen LogP contribution in [0.5, 0.6) is 0 Å². The molecule has 1 amide bonds. The molecular weight excluding hydrogens is 464 g/mol. The van der Waals surface area contributed by atoms with Gasteiger partial charge in [0, 0.05) is 17.2 Å². The quantitative estimate of drug-likeness (QED) is 0.325. The Morgan fingerprint density at radius 1 is 1.15 bits per heavy atom. The molecule has 0 aliphatic rings. The minimum atomic E-state index is 0.0306. The van der Waals surface area contributed by atoms with Crippen molar-refractivity contribution < 1.29 is 4.79 Å². The molecule has 0 saturated carbocycles. The van der Waals surface area contributed by atoms with E-state index in [9.17, 15) is 4.79 Å². The topological polar surface area (TPSA) is 59.8 Å². The van der Waals surface area contributed by atoms with Crippen molar-refractivity contribution in [2.75, 3.05) is 0 Å². The van der Waals surface area contributed by atoms with E-state index in [-0.39, 0.29) is 11.3 Å². The van der Waals surface area contributed by atoms with Gasteiger partial charge < -0.3 is 5.32 Å². The summed E-state index contributed by atoms with van der Waals surface area (Å²) in [5.74, 6) is 1.81. The van der Waals surface area contributed by atoms with Gasteiger partial charge in [0.1, 0.15) is 0 Å². The lowest BCUT2D eigenvalue weighted by molar-refractivity contribution is -0.122. The van der Waals surface area contributed by atoms with Crippen molar-refractivity contribution in [1.29, 1.82) is 0 Å². The molecular formula is C27H35ClN4OS. The molecule has 3 aromatic rings. The van der Waals surface area contributed by atoms with Crippen LogP contribution in [0.3, 0.4) is 0 Å². The van der Waals surface area contributed by atoms with Crippen LogP contribution >= 0.6 is 23.4 Å². The van der Waals surface area contributed by atoms with E-state index in [1.165, 1.54) is 11.1 Å². The van der Waals surface area contributed by atoms with Crippen LogP contribution in [0.4, 0.5) is 0 Å². The van der Waals surface area contributed by atoms with E-state index in [1.54, 1.807) is 11.8 Å². The third kappa shape index (κ3) is 7.60. The minimum absolute atomic E-state index is 0.0306. The first kappa shape index (κ1) is 26.3. The second kappa shape index (κ2) is 11.4. The van der Waals surface area contributed by atoms with Crippen molar-refractivity contribution in [1.82, 2.24) is 20.1 Å². The lowest BCUT2D eigenvalue weighted by Gasteiger charge is -2.22. The summed E-state index contributed by atoms with van der Waals surface area (Å²) in [6.45, 7) is 13.2. The van der Waals surface area contributed by atoms with Gasteiger partial charge in [-0.05, 0) is 54.9 Å². The van der Waals surface area contributed by atoms with Crippen molar-refractivity contribution in [2.45, 2.75) is 71.8 Å². The van der Waals surface area contributed by atoms with Crippen molar-refractivity contribution >= 4 is 29.3 Å². The third-order valence-corrected chi connectivity index (χ3v) is 6.74. The summed E-state index contributed by atoms with van der Waals surface area (Å²) >= 11 is 7.96. The summed E-state index contributed by atoms with van der Waals surface area (Å²) in [6, 6.07) is 14.2. The molecule has 0 spiro atoms. The fourth-order valence-corrected chi connectivity index (χ4v) is 5.28. The van der Waals surface area contributed by atoms with E-state index in [0.29, 0.717) is 29.7 Å². The smallest absolute Gasteiger partial charge is 0.220 e. The molecule has 1 atom stereocenters. The molecule has 2 aromatic carbocycles. The van der Waals surface area contributed by atoms with Gasteiger partial charge in [0.15, 0.2) is 11.0 Å². The standard InChI is InChI=1S/C27H35ClN4OS/c1-18-8-7-9-21(12-18)17-34-26-31-30-24(32(26)23-14-22(28)11-10-20(23)3)16-29-25(33)13-19(2)15-27(4,5)6/h7-12,14,19H,13,15-17H2,1-6H3,(H,29,33). The SMILES string of the molecule is Cc1cccc(CSc2nnc(CNC(=O)CC(C)CC(C)(C)C)n2-c2cc(Cl)ccc2C)c1. The highest BCUT2D eigenvalue weighted by molar-refractivity contribution is 7.98. The molecule has 1 unspecified atom stereocenters. The first-order chi connectivity index (χ1) is 16.0. The number of carbonyl (C=O) groups is 1. The van der Waals surface area contributed by atoms with Crippen LogP contribution in [0.15, 0.2) is 47.6 Å². The summed E-state index contributed by atoms with van der Waals surface area (Å²) in [6.07, 6.45) is 1.49. The van der Waals surface area contributed by atoms with E-state index in [0.717, 1.165) is 28.6 Å². The highest BCUT2D eigenvalue weighted by Crippen LogP contribution is 2.29. The van der Waals surface area contributed by atoms with Gasteiger partial charge in [-0.25, -0.2) is 0 Å². The maximum atomic E-state index is 12.6. The summed E-state index contributed by atoms with van der Waals surface area (Å²) < 4.78 is 2.01. The molecule has 5 nitrogen and oxygen atoms in total. The van der Waals surface area contributed by atoms with Crippen LogP contribution in [-0.4, -0.2) is 20.7 Å². The van der Waals surface area contributed by atoms with Gasteiger partial charge in [0.05, 0.1) is 12.2 Å². The molecule has 3 rings (SSSR count). The number of aryl methyl sites for hydroxylation is 2. The molecule has 0 saturated heterocycles. The van der Waals surface area contributed by atoms with Crippen molar-refractivity contribution in [3.05, 3.63) is 70.0 Å². The van der Waals surface area contributed by atoms with Gasteiger partial charge in [-0.15, -0.1) is 10.2 Å². The molecule has 0 aliphatic heterocycles. The van der Waals surface area contributed by atoms with Crippen LogP contribution < -0.4 is 5.32 Å². The minimum Gasteiger partial charge on any atom is -0.349 e. The Kier molecular flexibility index (Phi) is 8.83. The predicted octanol–water partition coefficient (Wildman–Crippen LogP) is 6.91. The number of nitrogens with one attached hydrogen (secondary N) is 1. The lowest BCUT2D eigenvalue weighted by Crippen LogP contribution is -2.27. The number of aromatic nitrogens is 3. The number of halogens is 1. The third-order valence-electron chi connectivity index (χ3n) is 5.50. The normalized spacial score (nSPS) is 12.6. The summed E-state index contributed by atoms with van der Waals surface area (Å²) in [5.41, 5.74) is 4.65. The maximum absolute atomic E-state index is 12.6. The molecule has 0 bridgehead atoms. The highest BCUT2D eigenvalue weighted by atomic mass is 35.5. The Hall–Kier alpha value is -2.31. The number of carbonyl (C=O) groups excluding carboxylic acids is 1. The molecule has 0 radical (unpaired) electrons. The fraction of sp³-hybridized carbons (Fsp3) is 0.444. The highest BCUT2D eigenvalue weighted by Gasteiger charge is 2.20. The van der Waals surface area contributed by atoms with Crippen LogP contribution in [-0.2, 0) is 17.1 Å². The maximum Gasteiger partial charge on any atom is 0.220 e. The fourth-order valence-electron chi connectivity index (χ4n) is 4.21. The zero-order chi connectivity index (χ0) is 24.9. The number of hydrogen-bond donors (Lipinski definition) is 1. The average Bonchev–Trinajstić information content (AvgIpc) is 3.13. The van der Waals surface area contributed by atoms with E-state index in [1.807, 2.05) is 29.7 Å². The number of hydrogen-bond acceptors (Lipinski definition) is 4. The average molecular weight is 499 g/mol. The van der Waals surface area contributed by atoms with Crippen molar-refractivity contribution in [3.8, 4) is 5.69 Å². The van der Waals surface area contributed by atoms with Crippen LogP contribution in [0.1, 0.15) is 63.1 Å². The Balaban J connectivity index is 1.80. The van der Waals surface area contributed by atoms with Crippen molar-refractivity contribution in [2.24, 2.45) is 11.3 Å². The van der Waals surface area contributed by atoms with Gasteiger partial charge in [-0.2, -0.15) is 0 Å². The molecule has 182 valence electrons. The number of rotatable bonds is 9. The number of thioether (sulfide) groups is 1. The number of benzene rings is 2. The van der Waals surface area contributed by atoms with Gasteiger partial charge in [-0.1, -0.05) is 87.0 Å². The molecule has 1 N–H and O–H groups in total.